The Morgan fingerprint density at radius 1 is 1.12 bits per heavy atom. The Bertz CT molecular complexity index is 1040. The summed E-state index contributed by atoms with van der Waals surface area (Å²) in [5, 5.41) is 15.8. The highest BCUT2D eigenvalue weighted by Gasteiger charge is 2.24. The number of nitrogens with zero attached hydrogens (tertiary/aromatic N) is 5. The van der Waals surface area contributed by atoms with E-state index in [2.05, 4.69) is 24.9 Å². The molecule has 2 aromatic heterocycles. The largest absolute Gasteiger partial charge is 0.491 e. The minimum Gasteiger partial charge on any atom is -0.491 e. The average Bonchev–Trinajstić information content (AvgIpc) is 3.45. The van der Waals surface area contributed by atoms with Crippen molar-refractivity contribution < 1.29 is 14.4 Å². The second-order valence-corrected chi connectivity index (χ2v) is 10.5. The van der Waals surface area contributed by atoms with Crippen LogP contribution in [0.5, 0.6) is 5.75 Å². The van der Waals surface area contributed by atoms with Crippen molar-refractivity contribution in [3.8, 4) is 5.75 Å². The summed E-state index contributed by atoms with van der Waals surface area (Å²) in [5.41, 5.74) is 0.952. The van der Waals surface area contributed by atoms with Crippen LogP contribution in [0.1, 0.15) is 54.7 Å². The van der Waals surface area contributed by atoms with Crippen LogP contribution in [-0.2, 0) is 6.54 Å². The van der Waals surface area contributed by atoms with Crippen molar-refractivity contribution in [2.45, 2.75) is 57.6 Å². The van der Waals surface area contributed by atoms with Crippen molar-refractivity contribution in [1.29, 1.82) is 0 Å². The number of β-amino-alcohol motifs (C(OH)–C–C–N with tert-alkyl or cyclic N) is 1. The second kappa shape index (κ2) is 10.5. The number of hydrogen-bond acceptors (Lipinski definition) is 9. The molecule has 0 bridgehead atoms. The van der Waals surface area contributed by atoms with Crippen molar-refractivity contribution in [3.05, 3.63) is 34.9 Å². The molecule has 9 heteroatoms. The van der Waals surface area contributed by atoms with Gasteiger partial charge < -0.3 is 14.4 Å². The van der Waals surface area contributed by atoms with Gasteiger partial charge in [-0.1, -0.05) is 24.4 Å². The maximum absolute atomic E-state index is 10.5. The lowest BCUT2D eigenvalue weighted by Gasteiger charge is -2.34. The van der Waals surface area contributed by atoms with Crippen LogP contribution < -0.4 is 4.74 Å². The van der Waals surface area contributed by atoms with Crippen LogP contribution in [0.15, 0.2) is 22.7 Å². The van der Waals surface area contributed by atoms with Gasteiger partial charge in [0.1, 0.15) is 18.5 Å². The highest BCUT2D eigenvalue weighted by molar-refractivity contribution is 7.18. The summed E-state index contributed by atoms with van der Waals surface area (Å²) in [5.74, 6) is 2.86. The molecule has 8 nitrogen and oxygen atoms in total. The van der Waals surface area contributed by atoms with Gasteiger partial charge in [-0.15, -0.1) is 11.3 Å². The fourth-order valence-electron chi connectivity index (χ4n) is 4.84. The Kier molecular flexibility index (Phi) is 7.20. The normalized spacial score (nSPS) is 19.8. The third-order valence-electron chi connectivity index (χ3n) is 6.66. The standard InChI is InChI=1S/C24H33N5O3S/c1-17-25-21-13-20(7-8-22(21)33-17)31-16-19(30)14-28-9-11-29(12-10-28)15-23-26-24(27-32-23)18-5-3-2-4-6-18/h7-8,13,18-19,30H,2-6,9-12,14-16H2,1H3/t19-/m0/s1. The first-order valence-electron chi connectivity index (χ1n) is 12.1. The lowest BCUT2D eigenvalue weighted by Crippen LogP contribution is -2.48. The highest BCUT2D eigenvalue weighted by Crippen LogP contribution is 2.31. The van der Waals surface area contributed by atoms with E-state index >= 15 is 0 Å². The summed E-state index contributed by atoms with van der Waals surface area (Å²) in [6.07, 6.45) is 5.71. The van der Waals surface area contributed by atoms with Crippen molar-refractivity contribution in [3.63, 3.8) is 0 Å². The highest BCUT2D eigenvalue weighted by atomic mass is 32.1. The van der Waals surface area contributed by atoms with E-state index in [1.807, 2.05) is 25.1 Å². The number of piperazine rings is 1. The summed E-state index contributed by atoms with van der Waals surface area (Å²) in [6.45, 7) is 7.26. The van der Waals surface area contributed by atoms with Crippen LogP contribution >= 0.6 is 11.3 Å². The molecule has 0 unspecified atom stereocenters. The Labute approximate surface area is 198 Å². The first kappa shape index (κ1) is 22.7. The van der Waals surface area contributed by atoms with Gasteiger partial charge >= 0.3 is 0 Å². The zero-order chi connectivity index (χ0) is 22.6. The lowest BCUT2D eigenvalue weighted by atomic mass is 9.89. The Morgan fingerprint density at radius 3 is 2.73 bits per heavy atom. The van der Waals surface area contributed by atoms with E-state index in [9.17, 15) is 5.11 Å². The molecule has 0 amide bonds. The number of aliphatic hydroxyl groups excluding tert-OH is 1. The third kappa shape index (κ3) is 5.90. The molecule has 5 rings (SSSR count). The molecule has 1 aliphatic heterocycles. The number of aliphatic hydroxyl groups is 1. The van der Waals surface area contributed by atoms with Crippen molar-refractivity contribution in [2.75, 3.05) is 39.3 Å². The number of rotatable bonds is 8. The van der Waals surface area contributed by atoms with Gasteiger partial charge in [0.2, 0.25) is 5.89 Å². The summed E-state index contributed by atoms with van der Waals surface area (Å²) in [6, 6.07) is 5.92. The summed E-state index contributed by atoms with van der Waals surface area (Å²) in [4.78, 5) is 13.8. The zero-order valence-corrected chi connectivity index (χ0v) is 20.1. The first-order valence-corrected chi connectivity index (χ1v) is 12.9. The molecule has 33 heavy (non-hydrogen) atoms. The molecule has 0 spiro atoms. The number of aryl methyl sites for hydroxylation is 1. The van der Waals surface area contributed by atoms with Crippen LogP contribution in [0.2, 0.25) is 0 Å². The molecule has 2 aliphatic rings. The van der Waals surface area contributed by atoms with E-state index in [4.69, 9.17) is 9.26 Å². The SMILES string of the molecule is Cc1nc2cc(OC[C@@H](O)CN3CCN(Cc4nc(C5CCCCC5)no4)CC3)ccc2s1. The molecule has 1 aliphatic carbocycles. The second-order valence-electron chi connectivity index (χ2n) is 9.29. The molecular weight excluding hydrogens is 438 g/mol. The monoisotopic (exact) mass is 471 g/mol. The topological polar surface area (TPSA) is 87.8 Å². The minimum absolute atomic E-state index is 0.279. The average molecular weight is 472 g/mol. The Balaban J connectivity index is 1.03. The number of ether oxygens (including phenoxy) is 1. The molecule has 1 saturated heterocycles. The fraction of sp³-hybridized carbons (Fsp3) is 0.625. The predicted octanol–water partition coefficient (Wildman–Crippen LogP) is 3.59. The third-order valence-corrected chi connectivity index (χ3v) is 7.61. The van der Waals surface area contributed by atoms with Gasteiger partial charge in [0.05, 0.1) is 21.8 Å². The van der Waals surface area contributed by atoms with E-state index < -0.39 is 6.10 Å². The van der Waals surface area contributed by atoms with Gasteiger partial charge in [0.15, 0.2) is 5.82 Å². The number of benzene rings is 1. The van der Waals surface area contributed by atoms with Crippen molar-refractivity contribution >= 4 is 21.6 Å². The molecule has 1 saturated carbocycles. The van der Waals surface area contributed by atoms with Crippen LogP contribution in [-0.4, -0.2) is 75.5 Å². The Morgan fingerprint density at radius 2 is 1.91 bits per heavy atom. The molecule has 3 heterocycles. The van der Waals surface area contributed by atoms with E-state index in [0.717, 1.165) is 58.9 Å². The number of aromatic nitrogens is 3. The number of hydrogen-bond donors (Lipinski definition) is 1. The molecule has 1 atom stereocenters. The fourth-order valence-corrected chi connectivity index (χ4v) is 5.64. The van der Waals surface area contributed by atoms with Gasteiger partial charge in [-0.2, -0.15) is 4.98 Å². The number of fused-ring (bicyclic) bond motifs is 1. The molecule has 2 fully saturated rings. The molecule has 1 aromatic carbocycles. The first-order chi connectivity index (χ1) is 16.1. The van der Waals surface area contributed by atoms with Crippen LogP contribution in [0.25, 0.3) is 10.2 Å². The lowest BCUT2D eigenvalue weighted by molar-refractivity contribution is 0.0426. The molecule has 1 N–H and O–H groups in total. The Hall–Kier alpha value is -2.07. The van der Waals surface area contributed by atoms with E-state index in [0.29, 0.717) is 19.0 Å². The molecule has 178 valence electrons. The van der Waals surface area contributed by atoms with Crippen LogP contribution in [0, 0.1) is 6.92 Å². The van der Waals surface area contributed by atoms with Crippen LogP contribution in [0.3, 0.4) is 0 Å². The van der Waals surface area contributed by atoms with E-state index in [1.54, 1.807) is 11.3 Å². The number of thiazole rings is 1. The molecule has 0 radical (unpaired) electrons. The van der Waals surface area contributed by atoms with Gasteiger partial charge in [0, 0.05) is 44.7 Å². The molecule has 3 aromatic rings. The predicted molar refractivity (Wildman–Crippen MR) is 128 cm³/mol. The minimum atomic E-state index is -0.529. The van der Waals surface area contributed by atoms with Crippen molar-refractivity contribution in [1.82, 2.24) is 24.9 Å². The van der Waals surface area contributed by atoms with Gasteiger partial charge in [0.25, 0.3) is 0 Å². The summed E-state index contributed by atoms with van der Waals surface area (Å²) >= 11 is 1.68. The van der Waals surface area contributed by atoms with E-state index in [-0.39, 0.29) is 6.61 Å². The van der Waals surface area contributed by atoms with Crippen LogP contribution in [0.4, 0.5) is 0 Å². The van der Waals surface area contributed by atoms with E-state index in [1.165, 1.54) is 32.1 Å². The van der Waals surface area contributed by atoms with Crippen molar-refractivity contribution in [2.24, 2.45) is 0 Å². The van der Waals surface area contributed by atoms with Gasteiger partial charge in [-0.25, -0.2) is 4.98 Å². The summed E-state index contributed by atoms with van der Waals surface area (Å²) < 4.78 is 12.5. The summed E-state index contributed by atoms with van der Waals surface area (Å²) in [7, 11) is 0. The smallest absolute Gasteiger partial charge is 0.240 e. The van der Waals surface area contributed by atoms with Gasteiger partial charge in [-0.3, -0.25) is 9.80 Å². The quantitative estimate of drug-likeness (QED) is 0.533. The zero-order valence-electron chi connectivity index (χ0n) is 19.3. The maximum Gasteiger partial charge on any atom is 0.240 e. The maximum atomic E-state index is 10.5. The molecular formula is C24H33N5O3S. The van der Waals surface area contributed by atoms with Gasteiger partial charge in [-0.05, 0) is 31.9 Å².